The minimum Gasteiger partial charge on any atom is -0.481 e. The van der Waals surface area contributed by atoms with Crippen LogP contribution >= 0.6 is 11.6 Å². The van der Waals surface area contributed by atoms with Crippen LogP contribution in [0.15, 0.2) is 47.8 Å². The van der Waals surface area contributed by atoms with Crippen molar-refractivity contribution in [2.45, 2.75) is 38.8 Å². The molecule has 0 aliphatic rings. The van der Waals surface area contributed by atoms with Gasteiger partial charge in [-0.15, -0.1) is 0 Å². The van der Waals surface area contributed by atoms with Crippen molar-refractivity contribution in [1.29, 1.82) is 0 Å². The Hall–Kier alpha value is -2.86. The second-order valence-electron chi connectivity index (χ2n) is 6.96. The van der Waals surface area contributed by atoms with Crippen LogP contribution in [0, 0.1) is 0 Å². The molecule has 0 fully saturated rings. The van der Waals surface area contributed by atoms with Crippen molar-refractivity contribution >= 4 is 34.5 Å². The number of aromatic nitrogens is 2. The first kappa shape index (κ1) is 19.9. The van der Waals surface area contributed by atoms with E-state index in [0.717, 1.165) is 10.9 Å². The van der Waals surface area contributed by atoms with Gasteiger partial charge in [0.05, 0.1) is 16.1 Å². The van der Waals surface area contributed by atoms with Gasteiger partial charge in [-0.2, -0.15) is 0 Å². The van der Waals surface area contributed by atoms with Gasteiger partial charge >= 0.3 is 0 Å². The van der Waals surface area contributed by atoms with E-state index in [0.29, 0.717) is 28.4 Å². The Morgan fingerprint density at radius 3 is 2.86 bits per heavy atom. The summed E-state index contributed by atoms with van der Waals surface area (Å²) >= 11 is 6.35. The summed E-state index contributed by atoms with van der Waals surface area (Å²) in [4.78, 5) is 17.1. The van der Waals surface area contributed by atoms with E-state index in [-0.39, 0.29) is 5.91 Å². The second kappa shape index (κ2) is 8.02. The molecule has 2 aromatic heterocycles. The van der Waals surface area contributed by atoms with Crippen LogP contribution in [0.25, 0.3) is 17.0 Å². The molecule has 1 N–H and O–H groups in total. The fourth-order valence-electron chi connectivity index (χ4n) is 2.85. The number of carbonyl (C=O) groups excluding carboxylic acids is 1. The molecule has 1 amide bonds. The van der Waals surface area contributed by atoms with Crippen molar-refractivity contribution in [2.75, 3.05) is 0 Å². The number of rotatable bonds is 7. The fraction of sp³-hybridized carbons (Fsp3) is 0.286. The summed E-state index contributed by atoms with van der Waals surface area (Å²) < 4.78 is 10.8. The van der Waals surface area contributed by atoms with Crippen molar-refractivity contribution in [3.05, 3.63) is 59.6 Å². The monoisotopic (exact) mass is 399 g/mol. The molecule has 7 heteroatoms. The van der Waals surface area contributed by atoms with Crippen molar-refractivity contribution in [1.82, 2.24) is 15.5 Å². The molecule has 0 saturated heterocycles. The maximum atomic E-state index is 12.8. The molecular weight excluding hydrogens is 378 g/mol. The summed E-state index contributed by atoms with van der Waals surface area (Å²) in [5.41, 5.74) is 1.49. The van der Waals surface area contributed by atoms with Crippen LogP contribution < -0.4 is 10.1 Å². The van der Waals surface area contributed by atoms with Crippen LogP contribution in [-0.4, -0.2) is 22.2 Å². The molecule has 0 spiro atoms. The molecule has 0 aliphatic carbocycles. The highest BCUT2D eigenvalue weighted by molar-refractivity contribution is 6.35. The van der Waals surface area contributed by atoms with Gasteiger partial charge < -0.3 is 14.6 Å². The third-order valence-corrected chi connectivity index (χ3v) is 4.71. The van der Waals surface area contributed by atoms with Gasteiger partial charge in [-0.25, -0.2) is 0 Å². The lowest BCUT2D eigenvalue weighted by atomic mass is 10.0. The number of ether oxygens (including phenoxy) is 1. The zero-order chi connectivity index (χ0) is 20.3. The van der Waals surface area contributed by atoms with Crippen LogP contribution in [0.3, 0.4) is 0 Å². The predicted molar refractivity (Wildman–Crippen MR) is 109 cm³/mol. The molecule has 0 radical (unpaired) electrons. The standard InChI is InChI=1S/C21H22ClN3O3/c1-5-13-9-14-10-15(11-16(22)19(14)23-12-13)28-17(6-2)20(26)24-21(3,4)18-7-8-27-25-18/h5,7-12,17H,1,6H2,2-4H3,(H,24,26). The smallest absolute Gasteiger partial charge is 0.261 e. The molecular formula is C21H22ClN3O3. The van der Waals surface area contributed by atoms with E-state index in [2.05, 4.69) is 22.0 Å². The van der Waals surface area contributed by atoms with E-state index in [4.69, 9.17) is 20.9 Å². The second-order valence-corrected chi connectivity index (χ2v) is 7.37. The number of nitrogens with one attached hydrogen (secondary N) is 1. The molecule has 2 heterocycles. The number of hydrogen-bond donors (Lipinski definition) is 1. The Morgan fingerprint density at radius 1 is 1.43 bits per heavy atom. The molecule has 0 aliphatic heterocycles. The minimum atomic E-state index is -0.690. The third kappa shape index (κ3) is 4.17. The number of hydrogen-bond acceptors (Lipinski definition) is 5. The van der Waals surface area contributed by atoms with E-state index in [1.807, 2.05) is 32.9 Å². The van der Waals surface area contributed by atoms with Gasteiger partial charge in [0.25, 0.3) is 5.91 Å². The number of benzene rings is 1. The summed E-state index contributed by atoms with van der Waals surface area (Å²) in [6, 6.07) is 7.13. The highest BCUT2D eigenvalue weighted by Gasteiger charge is 2.29. The van der Waals surface area contributed by atoms with E-state index < -0.39 is 11.6 Å². The largest absolute Gasteiger partial charge is 0.481 e. The van der Waals surface area contributed by atoms with Gasteiger partial charge in [0.1, 0.15) is 17.7 Å². The summed E-state index contributed by atoms with van der Waals surface area (Å²) in [7, 11) is 0. The van der Waals surface area contributed by atoms with Gasteiger partial charge in [-0.3, -0.25) is 9.78 Å². The van der Waals surface area contributed by atoms with Gasteiger partial charge in [0, 0.05) is 23.7 Å². The lowest BCUT2D eigenvalue weighted by Crippen LogP contribution is -2.47. The number of halogens is 1. The molecule has 3 aromatic rings. The summed E-state index contributed by atoms with van der Waals surface area (Å²) in [6.45, 7) is 9.34. The molecule has 146 valence electrons. The SMILES string of the molecule is C=Cc1cnc2c(Cl)cc(OC(CC)C(=O)NC(C)(C)c3ccon3)cc2c1. The first-order chi connectivity index (χ1) is 13.3. The van der Waals surface area contributed by atoms with E-state index in [9.17, 15) is 4.79 Å². The fourth-order valence-corrected chi connectivity index (χ4v) is 3.12. The summed E-state index contributed by atoms with van der Waals surface area (Å²) in [5.74, 6) is 0.256. The topological polar surface area (TPSA) is 77.2 Å². The Bertz CT molecular complexity index is 1000. The Labute approximate surface area is 168 Å². The van der Waals surface area contributed by atoms with Crippen LogP contribution in [0.2, 0.25) is 5.02 Å². The Balaban J connectivity index is 1.82. The van der Waals surface area contributed by atoms with Crippen molar-refractivity contribution in [2.24, 2.45) is 0 Å². The lowest BCUT2D eigenvalue weighted by molar-refractivity contribution is -0.130. The van der Waals surface area contributed by atoms with E-state index in [1.165, 1.54) is 6.26 Å². The molecule has 6 nitrogen and oxygen atoms in total. The lowest BCUT2D eigenvalue weighted by Gasteiger charge is -2.27. The van der Waals surface area contributed by atoms with Crippen LogP contribution in [0.5, 0.6) is 5.75 Å². The van der Waals surface area contributed by atoms with Crippen molar-refractivity contribution in [3.8, 4) is 5.75 Å². The number of pyridine rings is 1. The molecule has 28 heavy (non-hydrogen) atoms. The zero-order valence-electron chi connectivity index (χ0n) is 16.0. The average Bonchev–Trinajstić information content (AvgIpc) is 3.21. The van der Waals surface area contributed by atoms with Gasteiger partial charge in [0.2, 0.25) is 0 Å². The Morgan fingerprint density at radius 2 is 2.21 bits per heavy atom. The van der Waals surface area contributed by atoms with Gasteiger partial charge in [-0.05, 0) is 38.0 Å². The minimum absolute atomic E-state index is 0.246. The number of carbonyl (C=O) groups is 1. The normalized spacial score (nSPS) is 12.6. The zero-order valence-corrected chi connectivity index (χ0v) is 16.8. The van der Waals surface area contributed by atoms with Gasteiger partial charge in [-0.1, -0.05) is 36.3 Å². The number of fused-ring (bicyclic) bond motifs is 1. The van der Waals surface area contributed by atoms with Crippen LogP contribution in [0.1, 0.15) is 38.4 Å². The molecule has 1 unspecified atom stereocenters. The Kier molecular flexibility index (Phi) is 5.70. The predicted octanol–water partition coefficient (Wildman–Crippen LogP) is 4.73. The van der Waals surface area contributed by atoms with Crippen LogP contribution in [0.4, 0.5) is 0 Å². The average molecular weight is 400 g/mol. The highest BCUT2D eigenvalue weighted by atomic mass is 35.5. The maximum Gasteiger partial charge on any atom is 0.261 e. The number of nitrogens with zero attached hydrogens (tertiary/aromatic N) is 2. The first-order valence-electron chi connectivity index (χ1n) is 8.95. The summed E-state index contributed by atoms with van der Waals surface area (Å²) in [6.07, 6.45) is 4.69. The first-order valence-corrected chi connectivity index (χ1v) is 9.33. The molecule has 1 aromatic carbocycles. The molecule has 0 bridgehead atoms. The van der Waals surface area contributed by atoms with Gasteiger partial charge in [0.15, 0.2) is 6.10 Å². The van der Waals surface area contributed by atoms with E-state index >= 15 is 0 Å². The molecule has 0 saturated carbocycles. The quantitative estimate of drug-likeness (QED) is 0.621. The van der Waals surface area contributed by atoms with Crippen LogP contribution in [-0.2, 0) is 10.3 Å². The maximum absolute atomic E-state index is 12.8. The van der Waals surface area contributed by atoms with E-state index in [1.54, 1.807) is 24.4 Å². The molecule has 1 atom stereocenters. The van der Waals surface area contributed by atoms with Crippen molar-refractivity contribution in [3.63, 3.8) is 0 Å². The summed E-state index contributed by atoms with van der Waals surface area (Å²) in [5, 5.41) is 8.14. The third-order valence-electron chi connectivity index (χ3n) is 4.42. The number of amides is 1. The van der Waals surface area contributed by atoms with Crippen molar-refractivity contribution < 1.29 is 14.1 Å². The molecule has 3 rings (SSSR count). The highest BCUT2D eigenvalue weighted by Crippen LogP contribution is 2.29.